The molecule has 118 valence electrons. The Balaban J connectivity index is 2.51. The molecule has 0 bridgehead atoms. The zero-order chi connectivity index (χ0) is 15.8. The molecule has 4 heteroatoms. The fraction of sp³-hybridized carbons (Fsp3) is 0.588. The molecular formula is C17H27NO3. The third-order valence-electron chi connectivity index (χ3n) is 2.96. The zero-order valence-electron chi connectivity index (χ0n) is 13.4. The Hall–Kier alpha value is -1.55. The van der Waals surface area contributed by atoms with Gasteiger partial charge in [0.05, 0.1) is 18.6 Å². The average molecular weight is 293 g/mol. The summed E-state index contributed by atoms with van der Waals surface area (Å²) in [6, 6.07) is 7.55. The number of nitrogens with one attached hydrogen (secondary N) is 1. The number of amides is 1. The van der Waals surface area contributed by atoms with E-state index in [0.29, 0.717) is 18.9 Å². The number of carbonyl (C=O) groups excluding carboxylic acids is 1. The molecule has 1 rings (SSSR count). The summed E-state index contributed by atoms with van der Waals surface area (Å²) in [5.74, 6) is 1.06. The largest absolute Gasteiger partial charge is 0.491 e. The van der Waals surface area contributed by atoms with Gasteiger partial charge >= 0.3 is 0 Å². The number of benzene rings is 1. The topological polar surface area (TPSA) is 58.6 Å². The van der Waals surface area contributed by atoms with Crippen LogP contribution in [0, 0.1) is 5.92 Å². The van der Waals surface area contributed by atoms with E-state index in [-0.39, 0.29) is 18.4 Å². The number of hydrogen-bond donors (Lipinski definition) is 2. The van der Waals surface area contributed by atoms with Crippen molar-refractivity contribution < 1.29 is 14.6 Å². The number of aliphatic hydroxyl groups excluding tert-OH is 1. The third kappa shape index (κ3) is 7.14. The first kappa shape index (κ1) is 17.5. The van der Waals surface area contributed by atoms with Crippen LogP contribution in [0.2, 0.25) is 0 Å². The zero-order valence-corrected chi connectivity index (χ0v) is 13.4. The van der Waals surface area contributed by atoms with E-state index >= 15 is 0 Å². The van der Waals surface area contributed by atoms with Gasteiger partial charge in [-0.05, 0) is 32.3 Å². The summed E-state index contributed by atoms with van der Waals surface area (Å²) in [4.78, 5) is 12.0. The van der Waals surface area contributed by atoms with Crippen LogP contribution in [0.15, 0.2) is 24.3 Å². The van der Waals surface area contributed by atoms with Gasteiger partial charge in [0.2, 0.25) is 5.91 Å². The van der Waals surface area contributed by atoms with E-state index in [1.165, 1.54) is 0 Å². The van der Waals surface area contributed by atoms with E-state index in [1.54, 1.807) is 0 Å². The molecule has 0 saturated carbocycles. The van der Waals surface area contributed by atoms with E-state index in [0.717, 1.165) is 11.3 Å². The minimum Gasteiger partial charge on any atom is -0.491 e. The quantitative estimate of drug-likeness (QED) is 0.774. The molecule has 1 amide bonds. The first-order chi connectivity index (χ1) is 9.88. The number of para-hydroxylation sites is 1. The number of aliphatic hydroxyl groups is 1. The molecule has 1 aromatic carbocycles. The van der Waals surface area contributed by atoms with E-state index in [1.807, 2.05) is 52.0 Å². The Morgan fingerprint density at radius 3 is 2.52 bits per heavy atom. The van der Waals surface area contributed by atoms with Crippen molar-refractivity contribution >= 4 is 5.91 Å². The van der Waals surface area contributed by atoms with Gasteiger partial charge in [0.25, 0.3) is 0 Å². The van der Waals surface area contributed by atoms with Gasteiger partial charge in [-0.2, -0.15) is 0 Å². The first-order valence-corrected chi connectivity index (χ1v) is 7.57. The van der Waals surface area contributed by atoms with Crippen molar-refractivity contribution in [1.29, 1.82) is 0 Å². The fourth-order valence-corrected chi connectivity index (χ4v) is 2.11. The molecule has 0 aromatic heterocycles. The summed E-state index contributed by atoms with van der Waals surface area (Å²) in [6.45, 7) is 8.30. The van der Waals surface area contributed by atoms with E-state index in [9.17, 15) is 9.90 Å². The molecule has 0 aliphatic carbocycles. The lowest BCUT2D eigenvalue weighted by Gasteiger charge is -2.16. The monoisotopic (exact) mass is 293 g/mol. The molecule has 1 aromatic rings. The van der Waals surface area contributed by atoms with E-state index in [4.69, 9.17) is 4.74 Å². The van der Waals surface area contributed by atoms with Crippen LogP contribution in [0.3, 0.4) is 0 Å². The summed E-state index contributed by atoms with van der Waals surface area (Å²) < 4.78 is 5.70. The van der Waals surface area contributed by atoms with Crippen molar-refractivity contribution in [3.63, 3.8) is 0 Å². The lowest BCUT2D eigenvalue weighted by Crippen LogP contribution is -2.33. The Morgan fingerprint density at radius 1 is 1.24 bits per heavy atom. The molecule has 1 unspecified atom stereocenters. The molecule has 0 aliphatic rings. The normalized spacial score (nSPS) is 12.5. The third-order valence-corrected chi connectivity index (χ3v) is 2.96. The molecule has 0 radical (unpaired) electrons. The second kappa shape index (κ2) is 8.67. The lowest BCUT2D eigenvalue weighted by molar-refractivity contribution is -0.121. The molecule has 1 atom stereocenters. The molecule has 0 heterocycles. The van der Waals surface area contributed by atoms with Gasteiger partial charge in [-0.3, -0.25) is 4.79 Å². The summed E-state index contributed by atoms with van der Waals surface area (Å²) in [5, 5.41) is 12.5. The standard InChI is InChI=1S/C17H27NO3/c1-12(2)9-15(19)11-18-17(20)10-14-7-5-6-8-16(14)21-13(3)4/h5-8,12-13,15,19H,9-11H2,1-4H3,(H,18,20). The van der Waals surface area contributed by atoms with Crippen LogP contribution in [-0.2, 0) is 11.2 Å². The summed E-state index contributed by atoms with van der Waals surface area (Å²) in [6.07, 6.45) is 0.531. The van der Waals surface area contributed by atoms with Crippen molar-refractivity contribution in [3.05, 3.63) is 29.8 Å². The first-order valence-electron chi connectivity index (χ1n) is 7.57. The van der Waals surface area contributed by atoms with Crippen LogP contribution < -0.4 is 10.1 Å². The SMILES string of the molecule is CC(C)CC(O)CNC(=O)Cc1ccccc1OC(C)C. The Kier molecular flexibility index (Phi) is 7.23. The highest BCUT2D eigenvalue weighted by Crippen LogP contribution is 2.19. The number of carbonyl (C=O) groups is 1. The predicted molar refractivity (Wildman–Crippen MR) is 84.4 cm³/mol. The van der Waals surface area contributed by atoms with E-state index in [2.05, 4.69) is 5.32 Å². The summed E-state index contributed by atoms with van der Waals surface area (Å²) >= 11 is 0. The Labute approximate surface area is 127 Å². The van der Waals surface area contributed by atoms with Crippen LogP contribution in [0.5, 0.6) is 5.75 Å². The van der Waals surface area contributed by atoms with Gasteiger partial charge in [-0.15, -0.1) is 0 Å². The minimum atomic E-state index is -0.490. The van der Waals surface area contributed by atoms with Crippen molar-refractivity contribution in [2.75, 3.05) is 6.54 Å². The highest BCUT2D eigenvalue weighted by atomic mass is 16.5. The molecule has 0 saturated heterocycles. The second-order valence-electron chi connectivity index (χ2n) is 6.04. The molecule has 0 fully saturated rings. The van der Waals surface area contributed by atoms with Crippen LogP contribution in [-0.4, -0.2) is 29.8 Å². The van der Waals surface area contributed by atoms with Crippen LogP contribution in [0.4, 0.5) is 0 Å². The Morgan fingerprint density at radius 2 is 1.90 bits per heavy atom. The minimum absolute atomic E-state index is 0.0714. The van der Waals surface area contributed by atoms with Crippen LogP contribution in [0.25, 0.3) is 0 Å². The van der Waals surface area contributed by atoms with Gasteiger partial charge in [0.15, 0.2) is 0 Å². The highest BCUT2D eigenvalue weighted by Gasteiger charge is 2.12. The molecule has 0 aliphatic heterocycles. The number of ether oxygens (including phenoxy) is 1. The van der Waals surface area contributed by atoms with E-state index < -0.39 is 6.10 Å². The van der Waals surface area contributed by atoms with Gasteiger partial charge in [0.1, 0.15) is 5.75 Å². The lowest BCUT2D eigenvalue weighted by atomic mass is 10.1. The summed E-state index contributed by atoms with van der Waals surface area (Å²) in [7, 11) is 0. The maximum absolute atomic E-state index is 12.0. The smallest absolute Gasteiger partial charge is 0.224 e. The highest BCUT2D eigenvalue weighted by molar-refractivity contribution is 5.79. The molecule has 0 spiro atoms. The van der Waals surface area contributed by atoms with Crippen LogP contribution >= 0.6 is 0 Å². The van der Waals surface area contributed by atoms with Gasteiger partial charge < -0.3 is 15.2 Å². The molecule has 4 nitrogen and oxygen atoms in total. The summed E-state index contributed by atoms with van der Waals surface area (Å²) in [5.41, 5.74) is 0.863. The molecule has 21 heavy (non-hydrogen) atoms. The van der Waals surface area contributed by atoms with Gasteiger partial charge in [-0.1, -0.05) is 32.0 Å². The Bertz CT molecular complexity index is 443. The van der Waals surface area contributed by atoms with Crippen molar-refractivity contribution in [1.82, 2.24) is 5.32 Å². The van der Waals surface area contributed by atoms with Gasteiger partial charge in [-0.25, -0.2) is 0 Å². The average Bonchev–Trinajstić information content (AvgIpc) is 2.37. The van der Waals surface area contributed by atoms with Crippen molar-refractivity contribution in [2.24, 2.45) is 5.92 Å². The number of hydrogen-bond acceptors (Lipinski definition) is 3. The van der Waals surface area contributed by atoms with Gasteiger partial charge in [0, 0.05) is 12.1 Å². The van der Waals surface area contributed by atoms with Crippen molar-refractivity contribution in [2.45, 2.75) is 52.7 Å². The number of rotatable bonds is 8. The predicted octanol–water partition coefficient (Wildman–Crippen LogP) is 2.54. The fourth-order valence-electron chi connectivity index (χ4n) is 2.11. The molecule has 2 N–H and O–H groups in total. The maximum atomic E-state index is 12.0. The molecular weight excluding hydrogens is 266 g/mol. The van der Waals surface area contributed by atoms with Crippen LogP contribution in [0.1, 0.15) is 39.7 Å². The maximum Gasteiger partial charge on any atom is 0.224 e. The van der Waals surface area contributed by atoms with Crippen molar-refractivity contribution in [3.8, 4) is 5.75 Å². The second-order valence-corrected chi connectivity index (χ2v) is 6.04.